The predicted molar refractivity (Wildman–Crippen MR) is 108 cm³/mol. The van der Waals surface area contributed by atoms with Crippen LogP contribution in [0.15, 0.2) is 18.2 Å². The molecular weight excluding hydrogens is 394 g/mol. The molecule has 1 amide bonds. The second-order valence-corrected chi connectivity index (χ2v) is 9.57. The average molecular weight is 422 g/mol. The molecule has 2 saturated heterocycles. The van der Waals surface area contributed by atoms with Gasteiger partial charge in [0.2, 0.25) is 5.91 Å². The minimum Gasteiger partial charge on any atom is -0.487 e. The van der Waals surface area contributed by atoms with Crippen molar-refractivity contribution in [1.29, 1.82) is 0 Å². The van der Waals surface area contributed by atoms with Gasteiger partial charge in [0.25, 0.3) is 0 Å². The van der Waals surface area contributed by atoms with E-state index in [0.717, 1.165) is 19.3 Å². The van der Waals surface area contributed by atoms with E-state index in [4.69, 9.17) is 26.2 Å². The van der Waals surface area contributed by atoms with Crippen LogP contribution in [0.4, 0.5) is 0 Å². The summed E-state index contributed by atoms with van der Waals surface area (Å²) in [5, 5.41) is 12.3. The van der Waals surface area contributed by atoms with Gasteiger partial charge in [0, 0.05) is 23.6 Å². The Bertz CT molecular complexity index is 842. The van der Waals surface area contributed by atoms with Gasteiger partial charge in [-0.3, -0.25) is 9.59 Å². The Labute approximate surface area is 175 Å². The van der Waals surface area contributed by atoms with E-state index in [1.807, 2.05) is 12.1 Å². The third-order valence-corrected chi connectivity index (χ3v) is 7.33. The van der Waals surface area contributed by atoms with Crippen molar-refractivity contribution < 1.29 is 24.2 Å². The van der Waals surface area contributed by atoms with Gasteiger partial charge in [-0.25, -0.2) is 0 Å². The second kappa shape index (κ2) is 7.17. The van der Waals surface area contributed by atoms with E-state index in [1.54, 1.807) is 6.07 Å². The summed E-state index contributed by atoms with van der Waals surface area (Å²) in [7, 11) is 0. The maximum atomic E-state index is 12.3. The topological polar surface area (TPSA) is 84.9 Å². The third-order valence-electron chi connectivity index (χ3n) is 6.97. The van der Waals surface area contributed by atoms with E-state index < -0.39 is 17.8 Å². The van der Waals surface area contributed by atoms with Crippen molar-refractivity contribution in [3.05, 3.63) is 28.8 Å². The van der Waals surface area contributed by atoms with Gasteiger partial charge in [-0.2, -0.15) is 0 Å². The summed E-state index contributed by atoms with van der Waals surface area (Å²) in [4.78, 5) is 23.2. The normalized spacial score (nSPS) is 35.0. The number of carboxylic acid groups (broad SMARTS) is 1. The zero-order chi connectivity index (χ0) is 21.0. The number of hydrogen-bond acceptors (Lipinski definition) is 4. The molecule has 1 aliphatic carbocycles. The molecule has 0 unspecified atom stereocenters. The van der Waals surface area contributed by atoms with E-state index in [9.17, 15) is 9.59 Å². The summed E-state index contributed by atoms with van der Waals surface area (Å²) in [6.45, 7) is 6.70. The molecule has 0 radical (unpaired) electrons. The average Bonchev–Trinajstić information content (AvgIpc) is 3.32. The zero-order valence-electron chi connectivity index (χ0n) is 17.0. The SMILES string of the molecule is CC(C)[C@]12CC[C@](C)(O1)[C@@H](Oc1cccc(Cl)c1CNC(=O)[C@@H]1C[C@@H]1C(=O)O)C2. The van der Waals surface area contributed by atoms with Crippen molar-refractivity contribution in [2.45, 2.75) is 70.3 Å². The smallest absolute Gasteiger partial charge is 0.307 e. The first-order valence-corrected chi connectivity index (χ1v) is 10.7. The molecule has 2 bridgehead atoms. The third kappa shape index (κ3) is 3.61. The molecule has 4 rings (SSSR count). The van der Waals surface area contributed by atoms with Crippen LogP contribution in [0.25, 0.3) is 0 Å². The summed E-state index contributed by atoms with van der Waals surface area (Å²) in [6.07, 6.45) is 3.16. The standard InChI is InChI=1S/C22H28ClNO5/c1-12(2)22-8-7-21(3,29-22)18(10-22)28-17-6-4-5-16(23)15(17)11-24-19(25)13-9-14(13)20(26)27/h4-6,12-14,18H,7-11H2,1-3H3,(H,24,25)(H,26,27)/t13-,14+,18+,21+,22-/m1/s1. The van der Waals surface area contributed by atoms with Gasteiger partial charge in [-0.05, 0) is 44.2 Å². The first-order chi connectivity index (χ1) is 13.7. The Balaban J connectivity index is 1.46. The first-order valence-electron chi connectivity index (χ1n) is 10.3. The van der Waals surface area contributed by atoms with Crippen molar-refractivity contribution in [2.75, 3.05) is 0 Å². The van der Waals surface area contributed by atoms with Crippen LogP contribution in [-0.2, 0) is 20.9 Å². The predicted octanol–water partition coefficient (Wildman–Crippen LogP) is 3.79. The van der Waals surface area contributed by atoms with E-state index in [-0.39, 0.29) is 29.8 Å². The number of aliphatic carboxylic acids is 1. The van der Waals surface area contributed by atoms with Gasteiger partial charge in [0.1, 0.15) is 17.5 Å². The monoisotopic (exact) mass is 421 g/mol. The van der Waals surface area contributed by atoms with E-state index in [2.05, 4.69) is 26.1 Å². The second-order valence-electron chi connectivity index (χ2n) is 9.17. The van der Waals surface area contributed by atoms with Gasteiger partial charge in [0.05, 0.1) is 17.4 Å². The van der Waals surface area contributed by atoms with E-state index >= 15 is 0 Å². The van der Waals surface area contributed by atoms with Gasteiger partial charge in [0.15, 0.2) is 0 Å². The lowest BCUT2D eigenvalue weighted by Crippen LogP contribution is -2.40. The van der Waals surface area contributed by atoms with Crippen molar-refractivity contribution in [1.82, 2.24) is 5.32 Å². The van der Waals surface area contributed by atoms with Crippen molar-refractivity contribution >= 4 is 23.5 Å². The molecule has 158 valence electrons. The molecular formula is C22H28ClNO5. The van der Waals surface area contributed by atoms with Crippen LogP contribution in [0.5, 0.6) is 5.75 Å². The van der Waals surface area contributed by atoms with Crippen molar-refractivity contribution in [2.24, 2.45) is 17.8 Å². The van der Waals surface area contributed by atoms with Crippen LogP contribution in [0, 0.1) is 17.8 Å². The van der Waals surface area contributed by atoms with Crippen LogP contribution in [0.2, 0.25) is 5.02 Å². The summed E-state index contributed by atoms with van der Waals surface area (Å²) in [5.41, 5.74) is 0.250. The Morgan fingerprint density at radius 1 is 1.34 bits per heavy atom. The number of carbonyl (C=O) groups is 2. The molecule has 3 fully saturated rings. The fourth-order valence-electron chi connectivity index (χ4n) is 4.77. The number of ether oxygens (including phenoxy) is 2. The highest BCUT2D eigenvalue weighted by atomic mass is 35.5. The molecule has 2 heterocycles. The largest absolute Gasteiger partial charge is 0.487 e. The van der Waals surface area contributed by atoms with E-state index in [0.29, 0.717) is 28.7 Å². The Kier molecular flexibility index (Phi) is 5.06. The molecule has 2 aliphatic heterocycles. The Morgan fingerprint density at radius 2 is 2.10 bits per heavy atom. The number of benzene rings is 1. The number of carbonyl (C=O) groups excluding carboxylic acids is 1. The lowest BCUT2D eigenvalue weighted by molar-refractivity contribution is -0.140. The lowest BCUT2D eigenvalue weighted by atomic mass is 9.75. The molecule has 3 aliphatic rings. The maximum absolute atomic E-state index is 12.3. The number of rotatable bonds is 7. The van der Waals surface area contributed by atoms with Gasteiger partial charge < -0.3 is 19.9 Å². The van der Waals surface area contributed by atoms with Gasteiger partial charge in [-0.1, -0.05) is 31.5 Å². The molecule has 2 N–H and O–H groups in total. The molecule has 1 aromatic carbocycles. The zero-order valence-corrected chi connectivity index (χ0v) is 17.8. The number of fused-ring (bicyclic) bond motifs is 2. The number of hydrogen-bond donors (Lipinski definition) is 2. The summed E-state index contributed by atoms with van der Waals surface area (Å²) in [6, 6.07) is 5.46. The number of nitrogens with one attached hydrogen (secondary N) is 1. The number of halogens is 1. The summed E-state index contributed by atoms with van der Waals surface area (Å²) >= 11 is 6.41. The van der Waals surface area contributed by atoms with Gasteiger partial charge >= 0.3 is 5.97 Å². The van der Waals surface area contributed by atoms with Crippen molar-refractivity contribution in [3.8, 4) is 5.75 Å². The summed E-state index contributed by atoms with van der Waals surface area (Å²) in [5.74, 6) is -1.15. The molecule has 6 nitrogen and oxygen atoms in total. The quantitative estimate of drug-likeness (QED) is 0.699. The summed E-state index contributed by atoms with van der Waals surface area (Å²) < 4.78 is 12.9. The lowest BCUT2D eigenvalue weighted by Gasteiger charge is -2.32. The molecule has 5 atom stereocenters. The van der Waals surface area contributed by atoms with E-state index in [1.165, 1.54) is 0 Å². The fourth-order valence-corrected chi connectivity index (χ4v) is 5.01. The highest BCUT2D eigenvalue weighted by Crippen LogP contribution is 2.55. The van der Waals surface area contributed by atoms with Crippen LogP contribution < -0.4 is 10.1 Å². The fraction of sp³-hybridized carbons (Fsp3) is 0.636. The molecule has 0 spiro atoms. The Morgan fingerprint density at radius 3 is 2.72 bits per heavy atom. The number of amides is 1. The van der Waals surface area contributed by atoms with Crippen LogP contribution in [0.3, 0.4) is 0 Å². The van der Waals surface area contributed by atoms with Crippen LogP contribution in [0.1, 0.15) is 52.0 Å². The minimum absolute atomic E-state index is 0.0774. The maximum Gasteiger partial charge on any atom is 0.307 e. The molecule has 29 heavy (non-hydrogen) atoms. The molecule has 0 aromatic heterocycles. The molecule has 7 heteroatoms. The minimum atomic E-state index is -0.921. The van der Waals surface area contributed by atoms with Crippen LogP contribution in [-0.4, -0.2) is 34.3 Å². The number of carboxylic acids is 1. The van der Waals surface area contributed by atoms with Crippen LogP contribution >= 0.6 is 11.6 Å². The first kappa shape index (κ1) is 20.5. The molecule has 1 saturated carbocycles. The highest BCUT2D eigenvalue weighted by Gasteiger charge is 2.61. The van der Waals surface area contributed by atoms with Gasteiger partial charge in [-0.15, -0.1) is 0 Å². The highest BCUT2D eigenvalue weighted by molar-refractivity contribution is 6.31. The van der Waals surface area contributed by atoms with Crippen molar-refractivity contribution in [3.63, 3.8) is 0 Å². The molecule has 1 aromatic rings. The Hall–Kier alpha value is -1.79.